The van der Waals surface area contributed by atoms with Gasteiger partial charge in [-0.05, 0) is 56.7 Å². The minimum Gasteiger partial charge on any atom is -0.485 e. The second-order valence-corrected chi connectivity index (χ2v) is 5.98. The van der Waals surface area contributed by atoms with Gasteiger partial charge in [0.15, 0.2) is 5.82 Å². The molecule has 1 aliphatic carbocycles. The van der Waals surface area contributed by atoms with E-state index in [0.29, 0.717) is 13.2 Å². The predicted molar refractivity (Wildman–Crippen MR) is 94.1 cm³/mol. The molecule has 3 rings (SSSR count). The maximum Gasteiger partial charge on any atom is 0.166 e. The van der Waals surface area contributed by atoms with Crippen LogP contribution in [0.25, 0.3) is 0 Å². The lowest BCUT2D eigenvalue weighted by Gasteiger charge is -2.18. The number of ether oxygens (including phenoxy) is 1. The fourth-order valence-electron chi connectivity index (χ4n) is 3.06. The first kappa shape index (κ1) is 17.7. The third-order valence-electron chi connectivity index (χ3n) is 4.20. The van der Waals surface area contributed by atoms with Crippen molar-refractivity contribution in [2.75, 3.05) is 0 Å². The number of hydrogen-bond donors (Lipinski definition) is 1. The van der Waals surface area contributed by atoms with Crippen LogP contribution >= 0.6 is 12.4 Å². The van der Waals surface area contributed by atoms with Crippen molar-refractivity contribution in [2.24, 2.45) is 5.73 Å². The molecule has 0 amide bonds. The smallest absolute Gasteiger partial charge is 0.166 e. The summed E-state index contributed by atoms with van der Waals surface area (Å²) >= 11 is 0. The van der Waals surface area contributed by atoms with Crippen LogP contribution in [0.2, 0.25) is 0 Å². The van der Waals surface area contributed by atoms with Gasteiger partial charge in [-0.1, -0.05) is 17.7 Å². The fourth-order valence-corrected chi connectivity index (χ4v) is 3.06. The van der Waals surface area contributed by atoms with E-state index in [2.05, 4.69) is 31.0 Å². The van der Waals surface area contributed by atoms with E-state index >= 15 is 0 Å². The first-order chi connectivity index (χ1) is 10.7. The zero-order chi connectivity index (χ0) is 15.5. The Kier molecular flexibility index (Phi) is 5.97. The Bertz CT molecular complexity index is 671. The van der Waals surface area contributed by atoms with Gasteiger partial charge < -0.3 is 10.5 Å². The van der Waals surface area contributed by atoms with Crippen molar-refractivity contribution in [3.63, 3.8) is 0 Å². The molecule has 0 saturated heterocycles. The number of rotatable bonds is 4. The Balaban J connectivity index is 0.00000192. The van der Waals surface area contributed by atoms with Gasteiger partial charge in [0.2, 0.25) is 0 Å². The lowest BCUT2D eigenvalue weighted by atomic mass is 9.94. The third-order valence-corrected chi connectivity index (χ3v) is 4.20. The van der Waals surface area contributed by atoms with Crippen LogP contribution in [0.15, 0.2) is 18.2 Å². The molecule has 5 heteroatoms. The molecule has 0 unspecified atom stereocenters. The number of aromatic nitrogens is 2. The van der Waals surface area contributed by atoms with E-state index in [1.165, 1.54) is 29.7 Å². The van der Waals surface area contributed by atoms with Crippen LogP contribution in [0.1, 0.15) is 46.7 Å². The van der Waals surface area contributed by atoms with Crippen LogP contribution in [-0.4, -0.2) is 9.97 Å². The summed E-state index contributed by atoms with van der Waals surface area (Å²) in [5.41, 5.74) is 11.7. The molecule has 4 nitrogen and oxygen atoms in total. The van der Waals surface area contributed by atoms with E-state index in [4.69, 9.17) is 15.5 Å². The van der Waals surface area contributed by atoms with Gasteiger partial charge in [0.05, 0.1) is 5.69 Å². The molecule has 2 N–H and O–H groups in total. The Hall–Kier alpha value is -1.65. The van der Waals surface area contributed by atoms with Gasteiger partial charge in [-0.25, -0.2) is 9.97 Å². The number of nitrogens with two attached hydrogens (primary N) is 1. The molecule has 124 valence electrons. The summed E-state index contributed by atoms with van der Waals surface area (Å²) in [5, 5.41) is 0. The Morgan fingerprint density at radius 3 is 2.65 bits per heavy atom. The first-order valence-corrected chi connectivity index (χ1v) is 7.95. The van der Waals surface area contributed by atoms with Crippen molar-refractivity contribution in [1.29, 1.82) is 0 Å². The van der Waals surface area contributed by atoms with Gasteiger partial charge in [-0.15, -0.1) is 12.4 Å². The molecule has 2 aromatic rings. The van der Waals surface area contributed by atoms with Gasteiger partial charge in [0.25, 0.3) is 0 Å². The van der Waals surface area contributed by atoms with Crippen molar-refractivity contribution in [2.45, 2.75) is 52.7 Å². The molecular weight excluding hydrogens is 310 g/mol. The number of aryl methyl sites for hydroxylation is 3. The average Bonchev–Trinajstić information content (AvgIpc) is 2.53. The van der Waals surface area contributed by atoms with Crippen LogP contribution in [0.3, 0.4) is 0 Å². The van der Waals surface area contributed by atoms with Crippen LogP contribution < -0.4 is 10.5 Å². The molecule has 0 radical (unpaired) electrons. The van der Waals surface area contributed by atoms with Gasteiger partial charge in [0, 0.05) is 12.2 Å². The van der Waals surface area contributed by atoms with E-state index in [1.54, 1.807) is 0 Å². The highest BCUT2D eigenvalue weighted by Gasteiger charge is 2.17. The molecule has 1 aromatic heterocycles. The molecule has 0 aliphatic heterocycles. The summed E-state index contributed by atoms with van der Waals surface area (Å²) in [4.78, 5) is 9.30. The van der Waals surface area contributed by atoms with Crippen molar-refractivity contribution >= 4 is 12.4 Å². The van der Waals surface area contributed by atoms with E-state index in [1.807, 2.05) is 6.07 Å². The molecule has 1 aromatic carbocycles. The van der Waals surface area contributed by atoms with Gasteiger partial charge in [-0.2, -0.15) is 0 Å². The quantitative estimate of drug-likeness (QED) is 0.931. The van der Waals surface area contributed by atoms with Crippen molar-refractivity contribution in [1.82, 2.24) is 9.97 Å². The lowest BCUT2D eigenvalue weighted by Crippen LogP contribution is -2.17. The molecular formula is C18H24ClN3O. The van der Waals surface area contributed by atoms with E-state index in [9.17, 15) is 0 Å². The van der Waals surface area contributed by atoms with Crippen molar-refractivity contribution in [3.05, 3.63) is 52.1 Å². The van der Waals surface area contributed by atoms with E-state index in [0.717, 1.165) is 35.7 Å². The predicted octanol–water partition coefficient (Wildman–Crippen LogP) is 3.43. The highest BCUT2D eigenvalue weighted by Crippen LogP contribution is 2.23. The molecule has 0 bridgehead atoms. The standard InChI is InChI=1S/C18H23N3O.ClH/c1-12-7-8-17(13(2)9-12)22-11-18-20-15-6-4-3-5-14(15)16(10-19)21-18;/h7-9H,3-6,10-11,19H2,1-2H3;1H. The van der Waals surface area contributed by atoms with Crippen LogP contribution in [-0.2, 0) is 26.0 Å². The molecule has 1 aliphatic rings. The Labute approximate surface area is 143 Å². The summed E-state index contributed by atoms with van der Waals surface area (Å²) in [6.45, 7) is 5.00. The number of nitrogens with zero attached hydrogens (tertiary/aromatic N) is 2. The molecule has 1 heterocycles. The normalized spacial score (nSPS) is 13.2. The Morgan fingerprint density at radius 1 is 1.13 bits per heavy atom. The maximum absolute atomic E-state index is 5.90. The van der Waals surface area contributed by atoms with E-state index in [-0.39, 0.29) is 12.4 Å². The molecule has 0 spiro atoms. The van der Waals surface area contributed by atoms with Crippen LogP contribution in [0, 0.1) is 13.8 Å². The molecule has 23 heavy (non-hydrogen) atoms. The number of benzene rings is 1. The summed E-state index contributed by atoms with van der Waals surface area (Å²) in [7, 11) is 0. The van der Waals surface area contributed by atoms with E-state index < -0.39 is 0 Å². The minimum atomic E-state index is 0. The van der Waals surface area contributed by atoms with Gasteiger partial charge >= 0.3 is 0 Å². The summed E-state index contributed by atoms with van der Waals surface area (Å²) in [6, 6.07) is 6.18. The van der Waals surface area contributed by atoms with Gasteiger partial charge in [-0.3, -0.25) is 0 Å². The monoisotopic (exact) mass is 333 g/mol. The summed E-state index contributed by atoms with van der Waals surface area (Å²) in [5.74, 6) is 1.63. The number of hydrogen-bond acceptors (Lipinski definition) is 4. The van der Waals surface area contributed by atoms with Gasteiger partial charge in [0.1, 0.15) is 12.4 Å². The SMILES string of the molecule is Cc1ccc(OCc2nc(CN)c3c(n2)CCCC3)c(C)c1.Cl. The second kappa shape index (κ2) is 7.75. The third kappa shape index (κ3) is 4.01. The van der Waals surface area contributed by atoms with Crippen LogP contribution in [0.5, 0.6) is 5.75 Å². The summed E-state index contributed by atoms with van der Waals surface area (Å²) < 4.78 is 5.90. The van der Waals surface area contributed by atoms with Crippen molar-refractivity contribution < 1.29 is 4.74 Å². The zero-order valence-electron chi connectivity index (χ0n) is 13.8. The molecule has 0 saturated carbocycles. The number of fused-ring (bicyclic) bond motifs is 1. The maximum atomic E-state index is 5.90. The Morgan fingerprint density at radius 2 is 1.91 bits per heavy atom. The molecule has 0 atom stereocenters. The fraction of sp³-hybridized carbons (Fsp3) is 0.444. The highest BCUT2D eigenvalue weighted by atomic mass is 35.5. The zero-order valence-corrected chi connectivity index (χ0v) is 14.6. The largest absolute Gasteiger partial charge is 0.485 e. The topological polar surface area (TPSA) is 61.0 Å². The van der Waals surface area contributed by atoms with Crippen molar-refractivity contribution in [3.8, 4) is 5.75 Å². The second-order valence-electron chi connectivity index (χ2n) is 5.98. The summed E-state index contributed by atoms with van der Waals surface area (Å²) in [6.07, 6.45) is 4.49. The highest BCUT2D eigenvalue weighted by molar-refractivity contribution is 5.85. The first-order valence-electron chi connectivity index (χ1n) is 7.95. The lowest BCUT2D eigenvalue weighted by molar-refractivity contribution is 0.292. The number of halogens is 1. The average molecular weight is 334 g/mol. The van der Waals surface area contributed by atoms with Crippen LogP contribution in [0.4, 0.5) is 0 Å². The molecule has 0 fully saturated rings. The minimum absolute atomic E-state index is 0.